The van der Waals surface area contributed by atoms with E-state index in [0.717, 1.165) is 29.7 Å². The molecule has 0 saturated heterocycles. The van der Waals surface area contributed by atoms with Crippen molar-refractivity contribution in [2.75, 3.05) is 11.9 Å². The molecule has 0 radical (unpaired) electrons. The predicted molar refractivity (Wildman–Crippen MR) is 134 cm³/mol. The molecule has 3 aromatic rings. The first-order valence-corrected chi connectivity index (χ1v) is 12.1. The molecule has 1 saturated carbocycles. The minimum absolute atomic E-state index is 0.0319. The lowest BCUT2D eigenvalue weighted by molar-refractivity contribution is -0.274. The van der Waals surface area contributed by atoms with Crippen molar-refractivity contribution >= 4 is 17.7 Å². The Hall–Kier alpha value is -4.21. The summed E-state index contributed by atoms with van der Waals surface area (Å²) in [6.45, 7) is 0.599. The number of hydrogen-bond acceptors (Lipinski definition) is 4. The van der Waals surface area contributed by atoms with E-state index < -0.39 is 12.3 Å². The molecular weight excluding hydrogens is 501 g/mol. The summed E-state index contributed by atoms with van der Waals surface area (Å²) in [5.74, 6) is -0.461. The Labute approximate surface area is 217 Å². The zero-order chi connectivity index (χ0) is 27.1. The molecule has 4 rings (SSSR count). The highest BCUT2D eigenvalue weighted by Gasteiger charge is 2.44. The van der Waals surface area contributed by atoms with Gasteiger partial charge in [0, 0.05) is 30.6 Å². The summed E-state index contributed by atoms with van der Waals surface area (Å²) in [4.78, 5) is 25.7. The topological polar surface area (TPSA) is 88.1 Å². The quantitative estimate of drug-likeness (QED) is 0.281. The zero-order valence-corrected chi connectivity index (χ0v) is 20.4. The molecule has 2 N–H and O–H groups in total. The van der Waals surface area contributed by atoms with Crippen molar-refractivity contribution in [1.82, 2.24) is 4.90 Å². The SMILES string of the molecule is O=C(O)CCCOc1ccc(CN(C(=O)Nc2ccc(OC(F)(F)F)cc2)C2C[C@H]2c2ccccc2)cc1. The van der Waals surface area contributed by atoms with Gasteiger partial charge in [0.05, 0.1) is 6.61 Å². The molecule has 1 aliphatic rings. The van der Waals surface area contributed by atoms with Gasteiger partial charge in [-0.15, -0.1) is 13.2 Å². The van der Waals surface area contributed by atoms with Crippen molar-refractivity contribution in [3.05, 3.63) is 90.0 Å². The van der Waals surface area contributed by atoms with Crippen molar-refractivity contribution in [2.45, 2.75) is 44.1 Å². The number of halogens is 3. The van der Waals surface area contributed by atoms with E-state index in [4.69, 9.17) is 9.84 Å². The van der Waals surface area contributed by atoms with Crippen LogP contribution in [0, 0.1) is 0 Å². The molecule has 0 aromatic heterocycles. The molecule has 0 heterocycles. The number of anilines is 1. The monoisotopic (exact) mass is 528 g/mol. The van der Waals surface area contributed by atoms with Crippen LogP contribution in [0.2, 0.25) is 0 Å². The van der Waals surface area contributed by atoms with Crippen molar-refractivity contribution in [3.63, 3.8) is 0 Å². The average molecular weight is 529 g/mol. The van der Waals surface area contributed by atoms with E-state index in [1.165, 1.54) is 12.1 Å². The fourth-order valence-electron chi connectivity index (χ4n) is 4.16. The van der Waals surface area contributed by atoms with Gasteiger partial charge in [-0.1, -0.05) is 42.5 Å². The Bertz CT molecular complexity index is 1220. The van der Waals surface area contributed by atoms with Gasteiger partial charge in [-0.25, -0.2) is 4.79 Å². The second kappa shape index (κ2) is 11.9. The van der Waals surface area contributed by atoms with Gasteiger partial charge >= 0.3 is 18.4 Å². The third-order valence-electron chi connectivity index (χ3n) is 6.06. The number of carbonyl (C=O) groups excluding carboxylic acids is 1. The van der Waals surface area contributed by atoms with Gasteiger partial charge in [-0.05, 0) is 60.4 Å². The maximum absolute atomic E-state index is 13.3. The van der Waals surface area contributed by atoms with Gasteiger partial charge in [0.25, 0.3) is 0 Å². The molecule has 38 heavy (non-hydrogen) atoms. The van der Waals surface area contributed by atoms with Crippen LogP contribution in [0.5, 0.6) is 11.5 Å². The van der Waals surface area contributed by atoms with Crippen molar-refractivity contribution < 1.29 is 37.3 Å². The Kier molecular flexibility index (Phi) is 8.40. The van der Waals surface area contributed by atoms with E-state index in [1.54, 1.807) is 17.0 Å². The lowest BCUT2D eigenvalue weighted by atomic mass is 10.1. The predicted octanol–water partition coefficient (Wildman–Crippen LogP) is 6.42. The van der Waals surface area contributed by atoms with E-state index in [9.17, 15) is 22.8 Å². The number of carboxylic acids is 1. The number of carbonyl (C=O) groups is 2. The Balaban J connectivity index is 1.43. The highest BCUT2D eigenvalue weighted by Crippen LogP contribution is 2.45. The number of benzene rings is 3. The van der Waals surface area contributed by atoms with Gasteiger partial charge in [0.2, 0.25) is 0 Å². The molecule has 10 heteroatoms. The molecule has 0 aliphatic heterocycles. The highest BCUT2D eigenvalue weighted by molar-refractivity contribution is 5.90. The van der Waals surface area contributed by atoms with Crippen LogP contribution in [-0.2, 0) is 11.3 Å². The summed E-state index contributed by atoms with van der Waals surface area (Å²) in [7, 11) is 0. The van der Waals surface area contributed by atoms with E-state index in [-0.39, 0.29) is 36.8 Å². The Morgan fingerprint density at radius 2 is 1.61 bits per heavy atom. The molecule has 3 aromatic carbocycles. The van der Waals surface area contributed by atoms with Crippen LogP contribution in [0.15, 0.2) is 78.9 Å². The van der Waals surface area contributed by atoms with Gasteiger partial charge in [0.1, 0.15) is 11.5 Å². The third kappa shape index (κ3) is 7.89. The lowest BCUT2D eigenvalue weighted by Gasteiger charge is -2.24. The summed E-state index contributed by atoms with van der Waals surface area (Å²) < 4.78 is 46.8. The maximum atomic E-state index is 13.3. The first kappa shape index (κ1) is 26.8. The number of nitrogens with one attached hydrogen (secondary N) is 1. The van der Waals surface area contributed by atoms with Crippen molar-refractivity contribution in [3.8, 4) is 11.5 Å². The van der Waals surface area contributed by atoms with Crippen molar-refractivity contribution in [1.29, 1.82) is 0 Å². The van der Waals surface area contributed by atoms with Gasteiger partial charge in [0.15, 0.2) is 0 Å². The largest absolute Gasteiger partial charge is 0.573 e. The number of hydrogen-bond donors (Lipinski definition) is 2. The molecule has 200 valence electrons. The highest BCUT2D eigenvalue weighted by atomic mass is 19.4. The standard InChI is InChI=1S/C28H27F3N2O5/c29-28(30,31)38-23-14-10-21(11-15-23)32-27(36)33(25-17-24(25)20-5-2-1-3-6-20)18-19-8-12-22(13-9-19)37-16-4-7-26(34)35/h1-3,5-6,8-15,24-25H,4,7,16-18H2,(H,32,36)(H,34,35)/t24-,25?/m0/s1. The van der Waals surface area contributed by atoms with Crippen LogP contribution in [0.4, 0.5) is 23.7 Å². The number of alkyl halides is 3. The van der Waals surface area contributed by atoms with Gasteiger partial charge < -0.3 is 24.8 Å². The summed E-state index contributed by atoms with van der Waals surface area (Å²) >= 11 is 0. The van der Waals surface area contributed by atoms with E-state index in [0.29, 0.717) is 24.4 Å². The van der Waals surface area contributed by atoms with Crippen LogP contribution >= 0.6 is 0 Å². The number of rotatable bonds is 11. The normalized spacial score (nSPS) is 16.4. The summed E-state index contributed by atoms with van der Waals surface area (Å²) in [5, 5.41) is 11.5. The van der Waals surface area contributed by atoms with E-state index in [1.807, 2.05) is 42.5 Å². The number of ether oxygens (including phenoxy) is 2. The number of urea groups is 1. The molecule has 2 amide bonds. The molecule has 1 unspecified atom stereocenters. The molecule has 0 bridgehead atoms. The van der Waals surface area contributed by atoms with E-state index >= 15 is 0 Å². The summed E-state index contributed by atoms with van der Waals surface area (Å²) in [5.41, 5.74) is 2.34. The average Bonchev–Trinajstić information content (AvgIpc) is 3.67. The van der Waals surface area contributed by atoms with Crippen LogP contribution < -0.4 is 14.8 Å². The molecule has 7 nitrogen and oxygen atoms in total. The number of amides is 2. The first-order valence-electron chi connectivity index (χ1n) is 12.1. The molecule has 1 fully saturated rings. The molecule has 2 atom stereocenters. The van der Waals surface area contributed by atoms with Crippen LogP contribution in [-0.4, -0.2) is 41.0 Å². The van der Waals surface area contributed by atoms with E-state index in [2.05, 4.69) is 10.1 Å². The van der Waals surface area contributed by atoms with Crippen molar-refractivity contribution in [2.24, 2.45) is 0 Å². The summed E-state index contributed by atoms with van der Waals surface area (Å²) in [6, 6.07) is 21.7. The fourth-order valence-corrected chi connectivity index (χ4v) is 4.16. The second-order valence-electron chi connectivity index (χ2n) is 8.94. The van der Waals surface area contributed by atoms with Crippen LogP contribution in [0.25, 0.3) is 0 Å². The molecular formula is C28H27F3N2O5. The second-order valence-corrected chi connectivity index (χ2v) is 8.94. The van der Waals surface area contributed by atoms with Gasteiger partial charge in [-0.3, -0.25) is 4.79 Å². The smallest absolute Gasteiger partial charge is 0.494 e. The minimum Gasteiger partial charge on any atom is -0.494 e. The van der Waals surface area contributed by atoms with Crippen LogP contribution in [0.3, 0.4) is 0 Å². The Morgan fingerprint density at radius 3 is 2.24 bits per heavy atom. The maximum Gasteiger partial charge on any atom is 0.573 e. The number of aliphatic carboxylic acids is 1. The number of nitrogens with zero attached hydrogens (tertiary/aromatic N) is 1. The fraction of sp³-hybridized carbons (Fsp3) is 0.286. The van der Waals surface area contributed by atoms with Crippen LogP contribution in [0.1, 0.15) is 36.3 Å². The zero-order valence-electron chi connectivity index (χ0n) is 20.4. The summed E-state index contributed by atoms with van der Waals surface area (Å²) in [6.07, 6.45) is -3.57. The lowest BCUT2D eigenvalue weighted by Crippen LogP contribution is -2.37. The Morgan fingerprint density at radius 1 is 0.947 bits per heavy atom. The van der Waals surface area contributed by atoms with Gasteiger partial charge in [-0.2, -0.15) is 0 Å². The first-order chi connectivity index (χ1) is 18.2. The number of carboxylic acid groups (broad SMARTS) is 1. The molecule has 1 aliphatic carbocycles. The third-order valence-corrected chi connectivity index (χ3v) is 6.06. The minimum atomic E-state index is -4.79. The molecule has 0 spiro atoms.